The van der Waals surface area contributed by atoms with Crippen molar-refractivity contribution in [1.29, 1.82) is 0 Å². The van der Waals surface area contributed by atoms with Crippen molar-refractivity contribution in [2.75, 3.05) is 26.4 Å². The van der Waals surface area contributed by atoms with E-state index in [-0.39, 0.29) is 31.1 Å². The summed E-state index contributed by atoms with van der Waals surface area (Å²) >= 11 is 0. The average Bonchev–Trinajstić information content (AvgIpc) is 3.44. The zero-order valence-electron chi connectivity index (χ0n) is 34.2. The quantitative estimate of drug-likeness (QED) is 0.0163. The van der Waals surface area contributed by atoms with E-state index in [1.807, 2.05) is 0 Å². The summed E-state index contributed by atoms with van der Waals surface area (Å²) in [5, 5.41) is 49.6. The first kappa shape index (κ1) is 52.1. The molecule has 1 saturated carbocycles. The monoisotopic (exact) mass is 818 g/mol. The molecule has 1 fully saturated rings. The number of aliphatic hydroxyl groups is 5. The lowest BCUT2D eigenvalue weighted by Gasteiger charge is -2.20. The van der Waals surface area contributed by atoms with Crippen molar-refractivity contribution < 1.29 is 63.1 Å². The number of hydrogen-bond acceptors (Lipinski definition) is 12. The highest BCUT2D eigenvalue weighted by atomic mass is 31.2. The summed E-state index contributed by atoms with van der Waals surface area (Å²) in [5.41, 5.74) is 0. The predicted molar refractivity (Wildman–Crippen MR) is 216 cm³/mol. The summed E-state index contributed by atoms with van der Waals surface area (Å²) in [6, 6.07) is 0. The molecule has 0 aliphatic heterocycles. The van der Waals surface area contributed by atoms with E-state index < -0.39 is 76.7 Å². The van der Waals surface area contributed by atoms with Crippen molar-refractivity contribution in [2.45, 2.75) is 179 Å². The van der Waals surface area contributed by atoms with Crippen LogP contribution in [0.1, 0.15) is 149 Å². The van der Waals surface area contributed by atoms with E-state index in [4.69, 9.17) is 19.1 Å². The number of aliphatic hydroxyl groups excluding tert-OH is 5. The van der Waals surface area contributed by atoms with E-state index in [1.165, 1.54) is 44.9 Å². The first-order valence-electron chi connectivity index (χ1n) is 21.2. The molecule has 0 heterocycles. The number of hydrogen-bond donors (Lipinski definition) is 6. The van der Waals surface area contributed by atoms with Gasteiger partial charge in [-0.05, 0) is 50.9 Å². The van der Waals surface area contributed by atoms with Gasteiger partial charge in [0.15, 0.2) is 6.10 Å². The maximum atomic E-state index is 12.6. The average molecular weight is 819 g/mol. The highest BCUT2D eigenvalue weighted by molar-refractivity contribution is 7.47. The lowest BCUT2D eigenvalue weighted by molar-refractivity contribution is -0.160. The van der Waals surface area contributed by atoms with E-state index >= 15 is 0 Å². The van der Waals surface area contributed by atoms with Gasteiger partial charge in [-0.25, -0.2) is 4.57 Å². The molecule has 0 aromatic heterocycles. The van der Waals surface area contributed by atoms with Crippen LogP contribution in [0.2, 0.25) is 0 Å². The Balaban J connectivity index is 2.54. The van der Waals surface area contributed by atoms with E-state index in [2.05, 4.69) is 30.5 Å². The van der Waals surface area contributed by atoms with Gasteiger partial charge in [0.05, 0.1) is 44.6 Å². The number of phosphoric ester groups is 1. The van der Waals surface area contributed by atoms with Gasteiger partial charge in [-0.1, -0.05) is 121 Å². The third-order valence-corrected chi connectivity index (χ3v) is 10.8. The molecule has 0 amide bonds. The van der Waals surface area contributed by atoms with Gasteiger partial charge < -0.3 is 39.9 Å². The molecule has 326 valence electrons. The Morgan fingerprint density at radius 2 is 1.36 bits per heavy atom. The molecular formula is C42H75O13P. The second kappa shape index (κ2) is 33.0. The normalized spacial score (nSPS) is 21.5. The van der Waals surface area contributed by atoms with Crippen LogP contribution in [0.25, 0.3) is 0 Å². The summed E-state index contributed by atoms with van der Waals surface area (Å²) in [6.45, 7) is 1.87. The second-order valence-corrected chi connectivity index (χ2v) is 16.5. The Morgan fingerprint density at radius 3 is 2.02 bits per heavy atom. The molecule has 56 heavy (non-hydrogen) atoms. The number of carbonyl (C=O) groups excluding carboxylic acids is 2. The fraction of sp³-hybridized carbons (Fsp3) is 0.810. The molecule has 0 aromatic rings. The topological polar surface area (TPSA) is 210 Å². The minimum absolute atomic E-state index is 0.113. The van der Waals surface area contributed by atoms with Crippen LogP contribution < -0.4 is 0 Å². The van der Waals surface area contributed by atoms with E-state index in [9.17, 15) is 39.5 Å². The van der Waals surface area contributed by atoms with Gasteiger partial charge in [-0.3, -0.25) is 18.6 Å². The number of phosphoric acid groups is 1. The smallest absolute Gasteiger partial charge is 0.461 e. The molecule has 1 unspecified atom stereocenters. The first-order valence-corrected chi connectivity index (χ1v) is 22.7. The van der Waals surface area contributed by atoms with E-state index in [0.29, 0.717) is 19.3 Å². The van der Waals surface area contributed by atoms with Crippen LogP contribution in [0.3, 0.4) is 0 Å². The number of unbranched alkanes of at least 4 members (excludes halogenated alkanes) is 13. The minimum Gasteiger partial charge on any atom is -0.461 e. The molecule has 1 rings (SSSR count). The fourth-order valence-electron chi connectivity index (χ4n) is 6.49. The van der Waals surface area contributed by atoms with Crippen molar-refractivity contribution in [3.63, 3.8) is 0 Å². The zero-order chi connectivity index (χ0) is 41.4. The molecule has 0 radical (unpaired) electrons. The lowest BCUT2D eigenvalue weighted by atomic mass is 9.89. The summed E-state index contributed by atoms with van der Waals surface area (Å²) < 4.78 is 32.6. The SMILES string of the molecule is CCCCCC/C=C\CCCCCCCCCC(=O)O[C@H](COC(=O)C/C=C\C[C@H]1[C@@H](/C=C/[C@H](O)CCCCC)[C@H](O)C[C@@H]1O)COP(=O)(O)OC[C@@H](O)CO. The summed E-state index contributed by atoms with van der Waals surface area (Å²) in [5.74, 6) is -1.87. The zero-order valence-corrected chi connectivity index (χ0v) is 35.1. The van der Waals surface area contributed by atoms with Crippen LogP contribution in [0.15, 0.2) is 36.5 Å². The summed E-state index contributed by atoms with van der Waals surface area (Å²) in [7, 11) is -4.70. The molecule has 0 saturated heterocycles. The second-order valence-electron chi connectivity index (χ2n) is 15.0. The summed E-state index contributed by atoms with van der Waals surface area (Å²) in [4.78, 5) is 35.2. The van der Waals surface area contributed by atoms with Crippen molar-refractivity contribution >= 4 is 19.8 Å². The third-order valence-electron chi connectivity index (χ3n) is 9.87. The molecule has 6 N–H and O–H groups in total. The Bertz CT molecular complexity index is 1150. The van der Waals surface area contributed by atoms with Gasteiger partial charge in [0.1, 0.15) is 12.7 Å². The Labute approximate surface area is 336 Å². The number of rotatable bonds is 35. The number of esters is 2. The molecule has 0 aromatic carbocycles. The Kier molecular flexibility index (Phi) is 30.7. The molecule has 1 aliphatic rings. The third kappa shape index (κ3) is 26.9. The molecule has 8 atom stereocenters. The highest BCUT2D eigenvalue weighted by Crippen LogP contribution is 2.43. The van der Waals surface area contributed by atoms with Crippen LogP contribution in [-0.4, -0.2) is 99.3 Å². The molecule has 0 bridgehead atoms. The number of allylic oxidation sites excluding steroid dienone is 3. The lowest BCUT2D eigenvalue weighted by Crippen LogP contribution is -2.29. The highest BCUT2D eigenvalue weighted by Gasteiger charge is 2.39. The summed E-state index contributed by atoms with van der Waals surface area (Å²) in [6.07, 6.45) is 25.2. The molecule has 13 nitrogen and oxygen atoms in total. The molecule has 1 aliphatic carbocycles. The van der Waals surface area contributed by atoms with Crippen LogP contribution in [0.5, 0.6) is 0 Å². The van der Waals surface area contributed by atoms with Crippen molar-refractivity contribution in [1.82, 2.24) is 0 Å². The Hall–Kier alpha value is -1.93. The van der Waals surface area contributed by atoms with Crippen LogP contribution >= 0.6 is 7.82 Å². The van der Waals surface area contributed by atoms with Gasteiger partial charge >= 0.3 is 19.8 Å². The molecule has 0 spiro atoms. The van der Waals surface area contributed by atoms with Crippen LogP contribution in [0, 0.1) is 11.8 Å². The van der Waals surface area contributed by atoms with Crippen molar-refractivity contribution in [2.24, 2.45) is 11.8 Å². The van der Waals surface area contributed by atoms with Crippen molar-refractivity contribution in [3.05, 3.63) is 36.5 Å². The van der Waals surface area contributed by atoms with Crippen LogP contribution in [-0.2, 0) is 32.7 Å². The van der Waals surface area contributed by atoms with Gasteiger partial charge in [-0.2, -0.15) is 0 Å². The van der Waals surface area contributed by atoms with Gasteiger partial charge in [0.25, 0.3) is 0 Å². The van der Waals surface area contributed by atoms with Crippen molar-refractivity contribution in [3.8, 4) is 0 Å². The largest absolute Gasteiger partial charge is 0.472 e. The molecular weight excluding hydrogens is 743 g/mol. The van der Waals surface area contributed by atoms with E-state index in [0.717, 1.165) is 51.4 Å². The molecule has 14 heteroatoms. The minimum atomic E-state index is -4.70. The fourth-order valence-corrected chi connectivity index (χ4v) is 7.28. The van der Waals surface area contributed by atoms with Crippen LogP contribution in [0.4, 0.5) is 0 Å². The maximum absolute atomic E-state index is 12.6. The van der Waals surface area contributed by atoms with Gasteiger partial charge in [0, 0.05) is 18.8 Å². The van der Waals surface area contributed by atoms with E-state index in [1.54, 1.807) is 24.3 Å². The standard InChI is InChI=1S/C42H75O13P/c1-3-5-7-8-9-10-11-12-13-14-15-16-17-18-20-26-42(49)55-36(33-54-56(50,51)53-31-35(45)30-43)32-52-41(48)25-22-21-24-37-38(40(47)29-39(37)46)28-27-34(44)23-19-6-4-2/h10-11,21-22,27-28,34-40,43-47H,3-9,12-20,23-26,29-33H2,1-2H3,(H,50,51)/b11-10-,22-21-,28-27+/t34-,35+,36-,37+,38-,39+,40-/m1/s1. The van der Waals surface area contributed by atoms with Gasteiger partial charge in [0.2, 0.25) is 0 Å². The number of carbonyl (C=O) groups is 2. The number of ether oxygens (including phenoxy) is 2. The Morgan fingerprint density at radius 1 is 0.750 bits per heavy atom. The predicted octanol–water partition coefficient (Wildman–Crippen LogP) is 7.16. The first-order chi connectivity index (χ1) is 26.9. The van der Waals surface area contributed by atoms with Gasteiger partial charge in [-0.15, -0.1) is 0 Å². The maximum Gasteiger partial charge on any atom is 0.472 e.